The second kappa shape index (κ2) is 5.34. The van der Waals surface area contributed by atoms with Crippen LogP contribution >= 0.6 is 0 Å². The standard InChI is InChI=1S/C14H23.La/c1-9(2)12-7-8-13(10(3)4)14(12)11(5)6;/h9-11H,7H2,1-6H3;. The normalized spacial score (nSPS) is 17.9. The van der Waals surface area contributed by atoms with Gasteiger partial charge in [-0.2, -0.15) is 0 Å². The summed E-state index contributed by atoms with van der Waals surface area (Å²) in [6.45, 7) is 14.1. The van der Waals surface area contributed by atoms with Gasteiger partial charge >= 0.3 is 118 Å². The summed E-state index contributed by atoms with van der Waals surface area (Å²) in [5.74, 6) is 2.15. The molecule has 1 aliphatic carbocycles. The van der Waals surface area contributed by atoms with Crippen molar-refractivity contribution in [1.29, 1.82) is 0 Å². The van der Waals surface area contributed by atoms with Crippen LogP contribution in [0.2, 0.25) is 0 Å². The zero-order valence-corrected chi connectivity index (χ0v) is 14.6. The fourth-order valence-corrected chi connectivity index (χ4v) is 4.85. The van der Waals surface area contributed by atoms with Crippen molar-refractivity contribution in [1.82, 2.24) is 0 Å². The molecule has 1 heteroatoms. The first kappa shape index (κ1) is 13.7. The molecule has 0 unspecified atom stereocenters. The zero-order chi connectivity index (χ0) is 11.7. The summed E-state index contributed by atoms with van der Waals surface area (Å²) in [7, 11) is 0. The molecule has 0 bridgehead atoms. The van der Waals surface area contributed by atoms with Gasteiger partial charge in [0.15, 0.2) is 0 Å². The molecule has 0 amide bonds. The summed E-state index contributed by atoms with van der Waals surface area (Å²) in [6.07, 6.45) is 1.30. The summed E-state index contributed by atoms with van der Waals surface area (Å²) in [5, 5.41) is 0. The third-order valence-electron chi connectivity index (χ3n) is 3.21. The Morgan fingerprint density at radius 2 is 1.27 bits per heavy atom. The fraction of sp³-hybridized carbons (Fsp3) is 0.714. The predicted molar refractivity (Wildman–Crippen MR) is 63.2 cm³/mol. The van der Waals surface area contributed by atoms with E-state index in [1.54, 1.807) is 18.7 Å². The third kappa shape index (κ3) is 2.87. The SMILES string of the molecule is CC(C)C1=C(C(C)C)C(C(C)C)=[C]([La])C1. The van der Waals surface area contributed by atoms with E-state index in [2.05, 4.69) is 41.5 Å². The van der Waals surface area contributed by atoms with Crippen LogP contribution in [0.4, 0.5) is 0 Å². The van der Waals surface area contributed by atoms with E-state index in [1.165, 1.54) is 6.42 Å². The third-order valence-corrected chi connectivity index (χ3v) is 4.83. The Morgan fingerprint density at radius 3 is 1.60 bits per heavy atom. The van der Waals surface area contributed by atoms with Crippen LogP contribution in [-0.4, -0.2) is 0 Å². The van der Waals surface area contributed by atoms with E-state index >= 15 is 0 Å². The fourth-order valence-electron chi connectivity index (χ4n) is 2.62. The van der Waals surface area contributed by atoms with E-state index in [0.717, 1.165) is 45.6 Å². The van der Waals surface area contributed by atoms with Crippen molar-refractivity contribution in [2.24, 2.45) is 17.8 Å². The molecule has 0 radical (unpaired) electrons. The molecular weight excluding hydrogens is 307 g/mol. The Kier molecular flexibility index (Phi) is 4.89. The number of rotatable bonds is 3. The molecule has 0 fully saturated rings. The number of hydrogen-bond acceptors (Lipinski definition) is 0. The molecular formula is C14H23La. The summed E-state index contributed by atoms with van der Waals surface area (Å²) in [5.41, 5.74) is 5.16. The van der Waals surface area contributed by atoms with Crippen molar-refractivity contribution in [3.8, 4) is 0 Å². The minimum absolute atomic E-state index is 0.705. The average Bonchev–Trinajstić information content (AvgIpc) is 2.42. The van der Waals surface area contributed by atoms with Gasteiger partial charge in [0.25, 0.3) is 0 Å². The molecule has 1 rings (SSSR count). The van der Waals surface area contributed by atoms with Crippen LogP contribution < -0.4 is 0 Å². The molecule has 15 heavy (non-hydrogen) atoms. The summed E-state index contributed by atoms with van der Waals surface area (Å²) in [4.78, 5) is 0. The van der Waals surface area contributed by atoms with E-state index in [1.807, 2.05) is 0 Å². The van der Waals surface area contributed by atoms with E-state index in [9.17, 15) is 0 Å². The Bertz CT molecular complexity index is 303. The van der Waals surface area contributed by atoms with Crippen LogP contribution in [0.3, 0.4) is 0 Å². The van der Waals surface area contributed by atoms with Crippen molar-refractivity contribution in [3.05, 3.63) is 18.7 Å². The topological polar surface area (TPSA) is 0 Å². The van der Waals surface area contributed by atoms with Crippen LogP contribution in [0.25, 0.3) is 0 Å². The minimum atomic E-state index is 0.705. The van der Waals surface area contributed by atoms with Crippen molar-refractivity contribution in [2.75, 3.05) is 0 Å². The molecule has 0 aromatic carbocycles. The van der Waals surface area contributed by atoms with Crippen LogP contribution in [0.1, 0.15) is 48.0 Å². The molecule has 0 saturated heterocycles. The maximum atomic E-state index is 2.35. The first-order valence-corrected chi connectivity index (χ1v) is 7.89. The molecule has 0 saturated carbocycles. The van der Waals surface area contributed by atoms with Gasteiger partial charge in [-0.25, -0.2) is 0 Å². The Labute approximate surface area is 117 Å². The second-order valence-electron chi connectivity index (χ2n) is 5.52. The van der Waals surface area contributed by atoms with Gasteiger partial charge in [-0.1, -0.05) is 0 Å². The van der Waals surface area contributed by atoms with Gasteiger partial charge in [-0.15, -0.1) is 0 Å². The van der Waals surface area contributed by atoms with Gasteiger partial charge in [0, 0.05) is 0 Å². The number of allylic oxidation sites excluding steroid dienone is 4. The van der Waals surface area contributed by atoms with E-state index in [4.69, 9.17) is 0 Å². The second-order valence-corrected chi connectivity index (χ2v) is 7.71. The average molecular weight is 330 g/mol. The molecule has 0 atom stereocenters. The van der Waals surface area contributed by atoms with Crippen molar-refractivity contribution < 1.29 is 33.7 Å². The van der Waals surface area contributed by atoms with Gasteiger partial charge < -0.3 is 0 Å². The van der Waals surface area contributed by atoms with Gasteiger partial charge in [0.2, 0.25) is 0 Å². The quantitative estimate of drug-likeness (QED) is 0.717. The molecule has 0 spiro atoms. The van der Waals surface area contributed by atoms with Crippen LogP contribution in [0.15, 0.2) is 18.7 Å². The first-order valence-electron chi connectivity index (χ1n) is 6.08. The summed E-state index contributed by atoms with van der Waals surface area (Å²) in [6, 6.07) is 0. The van der Waals surface area contributed by atoms with Crippen molar-refractivity contribution >= 4 is 0 Å². The van der Waals surface area contributed by atoms with Crippen LogP contribution in [-0.2, 0) is 0 Å². The van der Waals surface area contributed by atoms with Gasteiger partial charge in [-0.05, 0) is 0 Å². The summed E-state index contributed by atoms with van der Waals surface area (Å²) >= 11 is 1.03. The van der Waals surface area contributed by atoms with Gasteiger partial charge in [0.1, 0.15) is 0 Å². The molecule has 0 nitrogen and oxygen atoms in total. The number of hydrogen-bond donors (Lipinski definition) is 0. The zero-order valence-electron chi connectivity index (χ0n) is 11.0. The van der Waals surface area contributed by atoms with E-state index < -0.39 is 0 Å². The van der Waals surface area contributed by atoms with E-state index in [0.29, 0.717) is 5.92 Å². The van der Waals surface area contributed by atoms with Gasteiger partial charge in [-0.3, -0.25) is 0 Å². The first-order chi connectivity index (χ1) is 6.86. The molecule has 82 valence electrons. The monoisotopic (exact) mass is 330 g/mol. The summed E-state index contributed by atoms with van der Waals surface area (Å²) < 4.78 is 1.78. The van der Waals surface area contributed by atoms with Crippen LogP contribution in [0.5, 0.6) is 0 Å². The maximum absolute atomic E-state index is 2.35. The molecule has 0 aliphatic heterocycles. The van der Waals surface area contributed by atoms with Crippen molar-refractivity contribution in [2.45, 2.75) is 48.0 Å². The molecule has 0 heterocycles. The molecule has 0 N–H and O–H groups in total. The van der Waals surface area contributed by atoms with Crippen molar-refractivity contribution in [3.63, 3.8) is 0 Å². The Morgan fingerprint density at radius 1 is 0.800 bits per heavy atom. The Hall–Kier alpha value is 0.675. The Balaban J connectivity index is 3.19. The van der Waals surface area contributed by atoms with Crippen LogP contribution in [0, 0.1) is 51.5 Å². The van der Waals surface area contributed by atoms with E-state index in [-0.39, 0.29) is 0 Å². The molecule has 1 aliphatic rings. The molecule has 0 aromatic heterocycles. The predicted octanol–water partition coefficient (Wildman–Crippen LogP) is 4.46. The van der Waals surface area contributed by atoms with Gasteiger partial charge in [0.05, 0.1) is 0 Å². The molecule has 0 aromatic rings.